The number of aromatic hydroxyl groups is 3. The first kappa shape index (κ1) is 16.3. The van der Waals surface area contributed by atoms with Gasteiger partial charge in [0.25, 0.3) is 0 Å². The number of carbonyl (C=O) groups excluding carboxylic acids is 2. The van der Waals surface area contributed by atoms with E-state index in [1.807, 2.05) is 0 Å². The second-order valence-corrected chi connectivity index (χ2v) is 5.40. The molecule has 0 aliphatic rings. The predicted molar refractivity (Wildman–Crippen MR) is 91.2 cm³/mol. The molecule has 124 valence electrons. The molecule has 0 spiro atoms. The number of rotatable bonds is 4. The summed E-state index contributed by atoms with van der Waals surface area (Å²) in [4.78, 5) is 25.2. The molecule has 0 fully saturated rings. The lowest BCUT2D eigenvalue weighted by atomic mass is 9.94. The molecule has 0 amide bonds. The van der Waals surface area contributed by atoms with Gasteiger partial charge in [-0.15, -0.1) is 0 Å². The number of phenols is 3. The standard InChI is InChI=1S/C20H14O5/c21-14-11-15(22)17(19(24)13-9-5-2-6-10-13)20(25)16(14)18(23)12-7-3-1-4-8-12/h1-11,21-22,25H. The molecule has 3 rings (SSSR count). The third kappa shape index (κ3) is 2.95. The zero-order chi connectivity index (χ0) is 18.0. The van der Waals surface area contributed by atoms with Gasteiger partial charge in [0.1, 0.15) is 28.4 Å². The highest BCUT2D eigenvalue weighted by atomic mass is 16.3. The van der Waals surface area contributed by atoms with E-state index < -0.39 is 39.9 Å². The fourth-order valence-electron chi connectivity index (χ4n) is 2.56. The highest BCUT2D eigenvalue weighted by molar-refractivity contribution is 6.18. The van der Waals surface area contributed by atoms with Crippen LogP contribution in [0.5, 0.6) is 17.2 Å². The van der Waals surface area contributed by atoms with Gasteiger partial charge in [0.2, 0.25) is 11.6 Å². The van der Waals surface area contributed by atoms with Crippen LogP contribution in [0.1, 0.15) is 31.8 Å². The maximum absolute atomic E-state index is 12.6. The Balaban J connectivity index is 2.16. The van der Waals surface area contributed by atoms with Crippen molar-refractivity contribution < 1.29 is 24.9 Å². The molecule has 0 saturated heterocycles. The van der Waals surface area contributed by atoms with Gasteiger partial charge < -0.3 is 15.3 Å². The van der Waals surface area contributed by atoms with Crippen LogP contribution in [0.25, 0.3) is 0 Å². The molecule has 5 heteroatoms. The lowest BCUT2D eigenvalue weighted by Gasteiger charge is -2.12. The van der Waals surface area contributed by atoms with E-state index in [1.54, 1.807) is 36.4 Å². The normalized spacial score (nSPS) is 10.4. The Morgan fingerprint density at radius 1 is 0.600 bits per heavy atom. The van der Waals surface area contributed by atoms with Gasteiger partial charge in [0.15, 0.2) is 0 Å². The van der Waals surface area contributed by atoms with Crippen molar-refractivity contribution in [3.8, 4) is 17.2 Å². The van der Waals surface area contributed by atoms with Gasteiger partial charge in [0.05, 0.1) is 0 Å². The molecule has 0 saturated carbocycles. The zero-order valence-electron chi connectivity index (χ0n) is 13.0. The molecule has 0 heterocycles. The van der Waals surface area contributed by atoms with Crippen molar-refractivity contribution in [3.05, 3.63) is 89.0 Å². The van der Waals surface area contributed by atoms with Crippen LogP contribution in [-0.2, 0) is 0 Å². The Kier molecular flexibility index (Phi) is 4.22. The summed E-state index contributed by atoms with van der Waals surface area (Å²) in [6.07, 6.45) is 0. The molecule has 0 aliphatic carbocycles. The van der Waals surface area contributed by atoms with Crippen molar-refractivity contribution in [3.63, 3.8) is 0 Å². The van der Waals surface area contributed by atoms with Crippen LogP contribution in [0, 0.1) is 0 Å². The smallest absolute Gasteiger partial charge is 0.200 e. The molecule has 0 radical (unpaired) electrons. The van der Waals surface area contributed by atoms with Crippen molar-refractivity contribution in [1.29, 1.82) is 0 Å². The van der Waals surface area contributed by atoms with Gasteiger partial charge >= 0.3 is 0 Å². The van der Waals surface area contributed by atoms with Crippen LogP contribution in [-0.4, -0.2) is 26.9 Å². The summed E-state index contributed by atoms with van der Waals surface area (Å²) in [5, 5.41) is 30.5. The maximum Gasteiger partial charge on any atom is 0.200 e. The van der Waals surface area contributed by atoms with Crippen molar-refractivity contribution in [2.24, 2.45) is 0 Å². The van der Waals surface area contributed by atoms with E-state index in [2.05, 4.69) is 0 Å². The van der Waals surface area contributed by atoms with E-state index in [0.29, 0.717) is 0 Å². The second-order valence-electron chi connectivity index (χ2n) is 5.40. The number of phenolic OH excluding ortho intramolecular Hbond substituents is 3. The van der Waals surface area contributed by atoms with Gasteiger partial charge in [-0.1, -0.05) is 60.7 Å². The first-order chi connectivity index (χ1) is 12.0. The fourth-order valence-corrected chi connectivity index (χ4v) is 2.56. The molecule has 3 N–H and O–H groups in total. The minimum absolute atomic E-state index is 0.233. The van der Waals surface area contributed by atoms with E-state index in [1.165, 1.54) is 24.3 Å². The van der Waals surface area contributed by atoms with Gasteiger partial charge in [-0.2, -0.15) is 0 Å². The lowest BCUT2D eigenvalue weighted by Crippen LogP contribution is -2.08. The largest absolute Gasteiger partial charge is 0.507 e. The third-order valence-corrected chi connectivity index (χ3v) is 3.79. The van der Waals surface area contributed by atoms with Crippen LogP contribution in [0.2, 0.25) is 0 Å². The highest BCUT2D eigenvalue weighted by Gasteiger charge is 2.27. The highest BCUT2D eigenvalue weighted by Crippen LogP contribution is 2.39. The third-order valence-electron chi connectivity index (χ3n) is 3.79. The molecule has 0 unspecified atom stereocenters. The Morgan fingerprint density at radius 2 is 0.960 bits per heavy atom. The molecule has 0 atom stereocenters. The van der Waals surface area contributed by atoms with Gasteiger partial charge in [-0.25, -0.2) is 0 Å². The number of hydrogen-bond donors (Lipinski definition) is 3. The number of ketones is 2. The minimum Gasteiger partial charge on any atom is -0.507 e. The summed E-state index contributed by atoms with van der Waals surface area (Å²) in [7, 11) is 0. The fraction of sp³-hybridized carbons (Fsp3) is 0. The first-order valence-electron chi connectivity index (χ1n) is 7.48. The van der Waals surface area contributed by atoms with E-state index in [9.17, 15) is 24.9 Å². The Bertz CT molecular complexity index is 871. The van der Waals surface area contributed by atoms with Crippen LogP contribution >= 0.6 is 0 Å². The van der Waals surface area contributed by atoms with E-state index >= 15 is 0 Å². The number of carbonyl (C=O) groups is 2. The monoisotopic (exact) mass is 334 g/mol. The zero-order valence-corrected chi connectivity index (χ0v) is 13.0. The molecule has 0 aliphatic heterocycles. The van der Waals surface area contributed by atoms with E-state index in [-0.39, 0.29) is 11.1 Å². The van der Waals surface area contributed by atoms with E-state index in [0.717, 1.165) is 6.07 Å². The quantitative estimate of drug-likeness (QED) is 0.637. The summed E-state index contributed by atoms with van der Waals surface area (Å²) in [6, 6.07) is 16.9. The average Bonchev–Trinajstić information content (AvgIpc) is 2.62. The lowest BCUT2D eigenvalue weighted by molar-refractivity contribution is 0.103. The topological polar surface area (TPSA) is 94.8 Å². The predicted octanol–water partition coefficient (Wildman–Crippen LogP) is 3.27. The molecule has 3 aromatic carbocycles. The van der Waals surface area contributed by atoms with Crippen LogP contribution in [0.4, 0.5) is 0 Å². The molecular formula is C20H14O5. The molecular weight excluding hydrogens is 320 g/mol. The summed E-state index contributed by atoms with van der Waals surface area (Å²) in [5.41, 5.74) is -0.389. The minimum atomic E-state index is -0.750. The Hall–Kier alpha value is -3.60. The summed E-state index contributed by atoms with van der Waals surface area (Å²) < 4.78 is 0. The molecule has 25 heavy (non-hydrogen) atoms. The Labute approximate surface area is 143 Å². The summed E-state index contributed by atoms with van der Waals surface area (Å²) in [6.45, 7) is 0. The van der Waals surface area contributed by atoms with Gasteiger partial charge in [0, 0.05) is 17.2 Å². The molecule has 0 aromatic heterocycles. The van der Waals surface area contributed by atoms with Crippen LogP contribution in [0.3, 0.4) is 0 Å². The van der Waals surface area contributed by atoms with Crippen molar-refractivity contribution in [1.82, 2.24) is 0 Å². The van der Waals surface area contributed by atoms with Gasteiger partial charge in [-0.05, 0) is 0 Å². The van der Waals surface area contributed by atoms with E-state index in [4.69, 9.17) is 0 Å². The number of hydrogen-bond acceptors (Lipinski definition) is 5. The molecule has 5 nitrogen and oxygen atoms in total. The molecule has 0 bridgehead atoms. The van der Waals surface area contributed by atoms with Crippen LogP contribution < -0.4 is 0 Å². The number of benzene rings is 3. The first-order valence-corrected chi connectivity index (χ1v) is 7.48. The summed E-state index contributed by atoms with van der Waals surface area (Å²) >= 11 is 0. The van der Waals surface area contributed by atoms with Crippen molar-refractivity contribution in [2.75, 3.05) is 0 Å². The maximum atomic E-state index is 12.6. The van der Waals surface area contributed by atoms with Gasteiger partial charge in [-0.3, -0.25) is 9.59 Å². The molecule has 3 aromatic rings. The summed E-state index contributed by atoms with van der Waals surface area (Å²) in [5.74, 6) is -3.27. The Morgan fingerprint density at radius 3 is 1.32 bits per heavy atom. The SMILES string of the molecule is O=C(c1ccccc1)c1c(O)cc(O)c(C(=O)c2ccccc2)c1O. The average molecular weight is 334 g/mol. The van der Waals surface area contributed by atoms with Crippen molar-refractivity contribution in [2.45, 2.75) is 0 Å². The van der Waals surface area contributed by atoms with Crippen molar-refractivity contribution >= 4 is 11.6 Å². The van der Waals surface area contributed by atoms with Crippen LogP contribution in [0.15, 0.2) is 66.7 Å². The second kappa shape index (κ2) is 6.49.